The van der Waals surface area contributed by atoms with Crippen molar-refractivity contribution in [1.82, 2.24) is 14.9 Å². The molecule has 1 aromatic rings. The Morgan fingerprint density at radius 3 is 3.00 bits per heavy atom. The van der Waals surface area contributed by atoms with Crippen LogP contribution in [0.5, 0.6) is 0 Å². The topological polar surface area (TPSA) is 29.9 Å². The predicted octanol–water partition coefficient (Wildman–Crippen LogP) is 1.34. The highest BCUT2D eigenvalue weighted by molar-refractivity contribution is 9.09. The largest absolute Gasteiger partial charge is 0.338 e. The standard InChI is InChI=1S/C9H16BrN3/c1-8(7-10)11-4-3-9-12-5-6-13(9)2/h5-6,8,11H,3-4,7H2,1-2H3. The lowest BCUT2D eigenvalue weighted by molar-refractivity contribution is 0.585. The van der Waals surface area contributed by atoms with Gasteiger partial charge in [0.05, 0.1) is 0 Å². The van der Waals surface area contributed by atoms with Gasteiger partial charge in [-0.3, -0.25) is 0 Å². The first-order valence-corrected chi connectivity index (χ1v) is 5.61. The summed E-state index contributed by atoms with van der Waals surface area (Å²) in [6, 6.07) is 0.528. The molecule has 74 valence electrons. The second-order valence-corrected chi connectivity index (χ2v) is 3.86. The minimum absolute atomic E-state index is 0.528. The Hall–Kier alpha value is -0.350. The lowest BCUT2D eigenvalue weighted by Gasteiger charge is -2.09. The van der Waals surface area contributed by atoms with Crippen molar-refractivity contribution in [3.8, 4) is 0 Å². The summed E-state index contributed by atoms with van der Waals surface area (Å²) in [5.41, 5.74) is 0. The summed E-state index contributed by atoms with van der Waals surface area (Å²) in [4.78, 5) is 4.25. The Labute approximate surface area is 87.7 Å². The van der Waals surface area contributed by atoms with Crippen LogP contribution in [0.25, 0.3) is 0 Å². The van der Waals surface area contributed by atoms with Crippen molar-refractivity contribution < 1.29 is 0 Å². The van der Waals surface area contributed by atoms with Crippen LogP contribution in [0.4, 0.5) is 0 Å². The number of hydrogen-bond acceptors (Lipinski definition) is 2. The highest BCUT2D eigenvalue weighted by Gasteiger charge is 2.00. The molecule has 0 radical (unpaired) electrons. The zero-order chi connectivity index (χ0) is 9.68. The fraction of sp³-hybridized carbons (Fsp3) is 0.667. The van der Waals surface area contributed by atoms with Crippen molar-refractivity contribution in [2.45, 2.75) is 19.4 Å². The van der Waals surface area contributed by atoms with E-state index >= 15 is 0 Å². The number of imidazole rings is 1. The molecule has 0 aliphatic heterocycles. The number of nitrogens with zero attached hydrogens (tertiary/aromatic N) is 2. The molecule has 0 aliphatic rings. The number of nitrogens with one attached hydrogen (secondary N) is 1. The maximum atomic E-state index is 4.25. The molecule has 0 saturated heterocycles. The SMILES string of the molecule is CC(CBr)NCCc1nccn1C. The summed E-state index contributed by atoms with van der Waals surface area (Å²) < 4.78 is 2.06. The van der Waals surface area contributed by atoms with Crippen LogP contribution >= 0.6 is 15.9 Å². The van der Waals surface area contributed by atoms with Crippen LogP contribution in [0.3, 0.4) is 0 Å². The Bertz CT molecular complexity index is 247. The van der Waals surface area contributed by atoms with E-state index in [-0.39, 0.29) is 0 Å². The van der Waals surface area contributed by atoms with Gasteiger partial charge in [-0.2, -0.15) is 0 Å². The molecule has 1 aromatic heterocycles. The Morgan fingerprint density at radius 2 is 2.46 bits per heavy atom. The van der Waals surface area contributed by atoms with E-state index in [1.807, 2.05) is 19.4 Å². The van der Waals surface area contributed by atoms with Gasteiger partial charge in [-0.25, -0.2) is 4.98 Å². The molecule has 0 aliphatic carbocycles. The second kappa shape index (κ2) is 5.40. The maximum absolute atomic E-state index is 4.25. The Morgan fingerprint density at radius 1 is 1.69 bits per heavy atom. The molecule has 0 bridgehead atoms. The molecule has 1 unspecified atom stereocenters. The van der Waals surface area contributed by atoms with Crippen LogP contribution in [-0.2, 0) is 13.5 Å². The van der Waals surface area contributed by atoms with Gasteiger partial charge < -0.3 is 9.88 Å². The van der Waals surface area contributed by atoms with Gasteiger partial charge in [0.1, 0.15) is 5.82 Å². The highest BCUT2D eigenvalue weighted by atomic mass is 79.9. The normalized spacial score (nSPS) is 13.2. The van der Waals surface area contributed by atoms with Crippen molar-refractivity contribution in [3.05, 3.63) is 18.2 Å². The third kappa shape index (κ3) is 3.48. The molecule has 1 N–H and O–H groups in total. The Kier molecular flexibility index (Phi) is 4.45. The highest BCUT2D eigenvalue weighted by Crippen LogP contribution is 1.95. The van der Waals surface area contributed by atoms with Gasteiger partial charge in [0, 0.05) is 43.8 Å². The zero-order valence-electron chi connectivity index (χ0n) is 8.13. The van der Waals surface area contributed by atoms with Gasteiger partial charge in [0.15, 0.2) is 0 Å². The van der Waals surface area contributed by atoms with Gasteiger partial charge >= 0.3 is 0 Å². The van der Waals surface area contributed by atoms with Crippen molar-refractivity contribution >= 4 is 15.9 Å². The zero-order valence-corrected chi connectivity index (χ0v) is 9.71. The summed E-state index contributed by atoms with van der Waals surface area (Å²) in [6.45, 7) is 3.14. The van der Waals surface area contributed by atoms with Crippen LogP contribution in [0, 0.1) is 0 Å². The van der Waals surface area contributed by atoms with Gasteiger partial charge in [-0.1, -0.05) is 15.9 Å². The molecule has 13 heavy (non-hydrogen) atoms. The van der Waals surface area contributed by atoms with E-state index in [1.165, 1.54) is 0 Å². The van der Waals surface area contributed by atoms with Crippen molar-refractivity contribution in [2.24, 2.45) is 7.05 Å². The molecule has 1 heterocycles. The first-order valence-electron chi connectivity index (χ1n) is 4.49. The fourth-order valence-electron chi connectivity index (χ4n) is 1.12. The summed E-state index contributed by atoms with van der Waals surface area (Å²) in [5.74, 6) is 1.13. The minimum atomic E-state index is 0.528. The molecule has 1 atom stereocenters. The van der Waals surface area contributed by atoms with E-state index in [1.54, 1.807) is 0 Å². The summed E-state index contributed by atoms with van der Waals surface area (Å²) >= 11 is 3.42. The monoisotopic (exact) mass is 245 g/mol. The summed E-state index contributed by atoms with van der Waals surface area (Å²) in [6.07, 6.45) is 4.80. The molecule has 0 aromatic carbocycles. The van der Waals surface area contributed by atoms with E-state index in [2.05, 4.69) is 37.7 Å². The Balaban J connectivity index is 2.24. The molecule has 3 nitrogen and oxygen atoms in total. The van der Waals surface area contributed by atoms with Gasteiger partial charge in [-0.05, 0) is 6.92 Å². The maximum Gasteiger partial charge on any atom is 0.109 e. The van der Waals surface area contributed by atoms with Crippen molar-refractivity contribution in [2.75, 3.05) is 11.9 Å². The second-order valence-electron chi connectivity index (χ2n) is 3.21. The lowest BCUT2D eigenvalue weighted by Crippen LogP contribution is -2.29. The van der Waals surface area contributed by atoms with E-state index in [0.717, 1.165) is 24.1 Å². The fourth-order valence-corrected chi connectivity index (χ4v) is 1.35. The lowest BCUT2D eigenvalue weighted by atomic mass is 10.3. The molecular weight excluding hydrogens is 230 g/mol. The number of aromatic nitrogens is 2. The van der Waals surface area contributed by atoms with E-state index in [0.29, 0.717) is 6.04 Å². The van der Waals surface area contributed by atoms with Crippen LogP contribution in [0.2, 0.25) is 0 Å². The molecule has 4 heteroatoms. The molecule has 0 saturated carbocycles. The van der Waals surface area contributed by atoms with E-state index in [9.17, 15) is 0 Å². The van der Waals surface area contributed by atoms with Gasteiger partial charge in [-0.15, -0.1) is 0 Å². The first-order chi connectivity index (χ1) is 6.24. The van der Waals surface area contributed by atoms with Crippen molar-refractivity contribution in [1.29, 1.82) is 0 Å². The van der Waals surface area contributed by atoms with Crippen LogP contribution in [-0.4, -0.2) is 27.5 Å². The average molecular weight is 246 g/mol. The van der Waals surface area contributed by atoms with Gasteiger partial charge in [0.2, 0.25) is 0 Å². The molecule has 0 spiro atoms. The molecule has 1 rings (SSSR count). The van der Waals surface area contributed by atoms with Crippen LogP contribution in [0.1, 0.15) is 12.7 Å². The smallest absolute Gasteiger partial charge is 0.109 e. The quantitative estimate of drug-likeness (QED) is 0.794. The third-order valence-corrected chi connectivity index (χ3v) is 2.97. The number of hydrogen-bond donors (Lipinski definition) is 1. The number of halogens is 1. The molecule has 0 fully saturated rings. The number of alkyl halides is 1. The van der Waals surface area contributed by atoms with E-state index < -0.39 is 0 Å². The van der Waals surface area contributed by atoms with Crippen LogP contribution < -0.4 is 5.32 Å². The van der Waals surface area contributed by atoms with E-state index in [4.69, 9.17) is 0 Å². The number of rotatable bonds is 5. The van der Waals surface area contributed by atoms with Crippen molar-refractivity contribution in [3.63, 3.8) is 0 Å². The summed E-state index contributed by atoms with van der Waals surface area (Å²) in [5, 5.41) is 4.39. The minimum Gasteiger partial charge on any atom is -0.338 e. The van der Waals surface area contributed by atoms with Crippen LogP contribution in [0.15, 0.2) is 12.4 Å². The van der Waals surface area contributed by atoms with Gasteiger partial charge in [0.25, 0.3) is 0 Å². The summed E-state index contributed by atoms with van der Waals surface area (Å²) in [7, 11) is 2.02. The number of aryl methyl sites for hydroxylation is 1. The molecular formula is C9H16BrN3. The average Bonchev–Trinajstić information content (AvgIpc) is 2.52. The predicted molar refractivity (Wildman–Crippen MR) is 58.2 cm³/mol. The third-order valence-electron chi connectivity index (χ3n) is 1.99. The molecule has 0 amide bonds. The first kappa shape index (κ1) is 10.7.